The second kappa shape index (κ2) is 10.9. The molecule has 0 fully saturated rings. The molecule has 0 spiro atoms. The quantitative estimate of drug-likeness (QED) is 0.218. The summed E-state index contributed by atoms with van der Waals surface area (Å²) in [6.45, 7) is 19.1. The first-order valence-corrected chi connectivity index (χ1v) is 8.67. The van der Waals surface area contributed by atoms with Crippen LogP contribution in [0.2, 0.25) is 0 Å². The van der Waals surface area contributed by atoms with Crippen molar-refractivity contribution >= 4 is 5.97 Å². The van der Waals surface area contributed by atoms with Crippen molar-refractivity contribution in [3.05, 3.63) is 59.8 Å². The van der Waals surface area contributed by atoms with Crippen molar-refractivity contribution < 1.29 is 9.53 Å². The van der Waals surface area contributed by atoms with E-state index >= 15 is 0 Å². The molecule has 0 saturated heterocycles. The summed E-state index contributed by atoms with van der Waals surface area (Å²) in [5.41, 5.74) is 3.42. The molecule has 0 aromatic carbocycles. The van der Waals surface area contributed by atoms with E-state index in [0.717, 1.165) is 17.6 Å². The summed E-state index contributed by atoms with van der Waals surface area (Å²) in [7, 11) is 0. The molecule has 0 bridgehead atoms. The zero-order valence-electron chi connectivity index (χ0n) is 16.5. The number of esters is 1. The van der Waals surface area contributed by atoms with Gasteiger partial charge in [-0.25, -0.2) is 4.79 Å². The summed E-state index contributed by atoms with van der Waals surface area (Å²) in [4.78, 5) is 11.3. The van der Waals surface area contributed by atoms with Gasteiger partial charge >= 0.3 is 5.97 Å². The van der Waals surface area contributed by atoms with Crippen molar-refractivity contribution in [3.8, 4) is 0 Å². The summed E-state index contributed by atoms with van der Waals surface area (Å²) >= 11 is 0. The Morgan fingerprint density at radius 2 is 1.75 bits per heavy atom. The van der Waals surface area contributed by atoms with Gasteiger partial charge in [0.15, 0.2) is 0 Å². The first kappa shape index (κ1) is 22.2. The lowest BCUT2D eigenvalue weighted by Crippen LogP contribution is -2.22. The molecule has 0 N–H and O–H groups in total. The van der Waals surface area contributed by atoms with Crippen molar-refractivity contribution in [3.63, 3.8) is 0 Å². The molecule has 2 nitrogen and oxygen atoms in total. The van der Waals surface area contributed by atoms with E-state index in [2.05, 4.69) is 53.3 Å². The molecule has 0 amide bonds. The average molecular weight is 331 g/mol. The van der Waals surface area contributed by atoms with Crippen LogP contribution in [0.4, 0.5) is 0 Å². The maximum Gasteiger partial charge on any atom is 0.330 e. The van der Waals surface area contributed by atoms with Gasteiger partial charge in [-0.05, 0) is 38.7 Å². The predicted octanol–water partition coefficient (Wildman–Crippen LogP) is 6.18. The minimum Gasteiger partial charge on any atom is -0.463 e. The van der Waals surface area contributed by atoms with Crippen LogP contribution in [0.25, 0.3) is 0 Å². The average Bonchev–Trinajstić information content (AvgIpc) is 2.46. The van der Waals surface area contributed by atoms with Crippen LogP contribution < -0.4 is 0 Å². The molecule has 24 heavy (non-hydrogen) atoms. The van der Waals surface area contributed by atoms with Gasteiger partial charge in [0.2, 0.25) is 0 Å². The Morgan fingerprint density at radius 1 is 1.12 bits per heavy atom. The third kappa shape index (κ3) is 8.71. The standard InChI is InChI=1S/C22H34O2/c1-9-22(7,8)20(17(3)4)15-14-18(5)12-11-13-19(6)16-21(23)24-10-2/h11-16,20H,3,9-10H2,1-2,4-8H3/b13-11+,15-14+,18-12-,19-16+. The number of hydrogen-bond acceptors (Lipinski definition) is 2. The van der Waals surface area contributed by atoms with Crippen LogP contribution in [-0.4, -0.2) is 12.6 Å². The number of hydrogen-bond donors (Lipinski definition) is 0. The number of rotatable bonds is 9. The summed E-state index contributed by atoms with van der Waals surface area (Å²) < 4.78 is 4.89. The van der Waals surface area contributed by atoms with E-state index in [4.69, 9.17) is 4.74 Å². The fraction of sp³-hybridized carbons (Fsp3) is 0.500. The molecule has 1 unspecified atom stereocenters. The van der Waals surface area contributed by atoms with Crippen molar-refractivity contribution in [1.82, 2.24) is 0 Å². The SMILES string of the molecule is C=C(C)C(/C=C/C(C)=C\C=C\C(C)=C\C(=O)OCC)C(C)(C)CC. The van der Waals surface area contributed by atoms with Gasteiger partial charge in [0.1, 0.15) is 0 Å². The fourth-order valence-electron chi connectivity index (χ4n) is 2.38. The van der Waals surface area contributed by atoms with Gasteiger partial charge in [-0.15, -0.1) is 0 Å². The first-order valence-electron chi connectivity index (χ1n) is 8.67. The summed E-state index contributed by atoms with van der Waals surface area (Å²) in [6, 6.07) is 0. The third-order valence-electron chi connectivity index (χ3n) is 4.19. The molecule has 0 aromatic rings. The normalized spacial score (nSPS) is 15.1. The van der Waals surface area contributed by atoms with E-state index in [9.17, 15) is 4.79 Å². The van der Waals surface area contributed by atoms with Gasteiger partial charge in [0, 0.05) is 12.0 Å². The van der Waals surface area contributed by atoms with Crippen LogP contribution in [0.5, 0.6) is 0 Å². The minimum atomic E-state index is -0.300. The zero-order chi connectivity index (χ0) is 18.8. The van der Waals surface area contributed by atoms with Crippen LogP contribution in [0.15, 0.2) is 59.8 Å². The Balaban J connectivity index is 4.94. The smallest absolute Gasteiger partial charge is 0.330 e. The second-order valence-electron chi connectivity index (χ2n) is 6.94. The lowest BCUT2D eigenvalue weighted by molar-refractivity contribution is -0.137. The highest BCUT2D eigenvalue weighted by Gasteiger charge is 2.25. The predicted molar refractivity (Wildman–Crippen MR) is 105 cm³/mol. The maximum atomic E-state index is 11.3. The number of carbonyl (C=O) groups is 1. The van der Waals surface area contributed by atoms with Crippen LogP contribution in [0.1, 0.15) is 54.9 Å². The Kier molecular flexibility index (Phi) is 10.0. The van der Waals surface area contributed by atoms with Gasteiger partial charge in [-0.1, -0.05) is 75.3 Å². The lowest BCUT2D eigenvalue weighted by Gasteiger charge is -2.32. The number of carbonyl (C=O) groups excluding carboxylic acids is 1. The van der Waals surface area contributed by atoms with Crippen molar-refractivity contribution in [1.29, 1.82) is 0 Å². The molecule has 0 aliphatic heterocycles. The van der Waals surface area contributed by atoms with Gasteiger partial charge in [-0.3, -0.25) is 0 Å². The Morgan fingerprint density at radius 3 is 2.25 bits per heavy atom. The molecule has 0 aliphatic carbocycles. The van der Waals surface area contributed by atoms with Gasteiger partial charge < -0.3 is 4.74 Å². The zero-order valence-corrected chi connectivity index (χ0v) is 16.5. The van der Waals surface area contributed by atoms with Crippen LogP contribution in [0, 0.1) is 11.3 Å². The van der Waals surface area contributed by atoms with E-state index in [1.165, 1.54) is 11.6 Å². The van der Waals surface area contributed by atoms with Crippen molar-refractivity contribution in [2.75, 3.05) is 6.61 Å². The Bertz CT molecular complexity index is 542. The van der Waals surface area contributed by atoms with E-state index in [-0.39, 0.29) is 11.4 Å². The second-order valence-corrected chi connectivity index (χ2v) is 6.94. The molecule has 0 saturated carbocycles. The fourth-order valence-corrected chi connectivity index (χ4v) is 2.38. The molecular weight excluding hydrogens is 296 g/mol. The van der Waals surface area contributed by atoms with Crippen LogP contribution in [-0.2, 0) is 9.53 Å². The van der Waals surface area contributed by atoms with Crippen LogP contribution >= 0.6 is 0 Å². The monoisotopic (exact) mass is 330 g/mol. The Labute approximate surface area is 148 Å². The largest absolute Gasteiger partial charge is 0.463 e. The van der Waals surface area contributed by atoms with Gasteiger partial charge in [0.05, 0.1) is 6.61 Å². The molecule has 0 aromatic heterocycles. The highest BCUT2D eigenvalue weighted by atomic mass is 16.5. The molecular formula is C22H34O2. The van der Waals surface area contributed by atoms with Crippen molar-refractivity contribution in [2.24, 2.45) is 11.3 Å². The molecule has 0 rings (SSSR count). The van der Waals surface area contributed by atoms with Crippen molar-refractivity contribution in [2.45, 2.75) is 54.9 Å². The molecule has 0 radical (unpaired) electrons. The van der Waals surface area contributed by atoms with Crippen LogP contribution in [0.3, 0.4) is 0 Å². The highest BCUT2D eigenvalue weighted by molar-refractivity contribution is 5.83. The van der Waals surface area contributed by atoms with E-state index in [1.54, 1.807) is 6.92 Å². The molecule has 2 heteroatoms. The van der Waals surface area contributed by atoms with E-state index in [1.807, 2.05) is 25.2 Å². The lowest BCUT2D eigenvalue weighted by atomic mass is 9.73. The molecule has 1 atom stereocenters. The Hall–Kier alpha value is -1.83. The van der Waals surface area contributed by atoms with Gasteiger partial charge in [-0.2, -0.15) is 0 Å². The minimum absolute atomic E-state index is 0.206. The topological polar surface area (TPSA) is 26.3 Å². The summed E-state index contributed by atoms with van der Waals surface area (Å²) in [5.74, 6) is 0.0617. The molecule has 0 aliphatic rings. The number of allylic oxidation sites excluding steroid dienone is 8. The summed E-state index contributed by atoms with van der Waals surface area (Å²) in [6.07, 6.45) is 12.9. The molecule has 134 valence electrons. The highest BCUT2D eigenvalue weighted by Crippen LogP contribution is 2.36. The number of ether oxygens (including phenoxy) is 1. The van der Waals surface area contributed by atoms with E-state index < -0.39 is 0 Å². The maximum absolute atomic E-state index is 11.3. The van der Waals surface area contributed by atoms with Gasteiger partial charge in [0.25, 0.3) is 0 Å². The third-order valence-corrected chi connectivity index (χ3v) is 4.19. The first-order chi connectivity index (χ1) is 11.1. The van der Waals surface area contributed by atoms with E-state index in [0.29, 0.717) is 12.5 Å². The molecule has 0 heterocycles. The summed E-state index contributed by atoms with van der Waals surface area (Å²) in [5, 5.41) is 0.